The van der Waals surface area contributed by atoms with Gasteiger partial charge in [0, 0.05) is 37.1 Å². The van der Waals surface area contributed by atoms with Crippen molar-refractivity contribution in [3.05, 3.63) is 62.6 Å². The molecule has 2 saturated heterocycles. The lowest BCUT2D eigenvalue weighted by Gasteiger charge is -2.32. The first-order chi connectivity index (χ1) is 18.0. The Morgan fingerprint density at radius 2 is 1.74 bits per heavy atom. The van der Waals surface area contributed by atoms with Crippen molar-refractivity contribution < 1.29 is 22.7 Å². The number of ether oxygens (including phenoxy) is 1. The summed E-state index contributed by atoms with van der Waals surface area (Å²) in [6, 6.07) is 3.35. The van der Waals surface area contributed by atoms with Gasteiger partial charge in [-0.25, -0.2) is 0 Å². The zero-order chi connectivity index (χ0) is 27.6. The first-order valence-corrected chi connectivity index (χ1v) is 13.2. The third-order valence-electron chi connectivity index (χ3n) is 7.86. The number of alkyl halides is 3. The summed E-state index contributed by atoms with van der Waals surface area (Å²) in [7, 11) is 2.06. The molecule has 0 unspecified atom stereocenters. The number of carbonyl (C=O) groups is 1. The summed E-state index contributed by atoms with van der Waals surface area (Å²) >= 11 is 0. The highest BCUT2D eigenvalue weighted by molar-refractivity contribution is 6.00. The average molecular weight is 535 g/mol. The van der Waals surface area contributed by atoms with Gasteiger partial charge in [0.2, 0.25) is 0 Å². The van der Waals surface area contributed by atoms with Gasteiger partial charge in [0.1, 0.15) is 0 Å². The third-order valence-corrected chi connectivity index (χ3v) is 7.86. The van der Waals surface area contributed by atoms with Crippen LogP contribution in [-0.2, 0) is 10.9 Å². The maximum atomic E-state index is 13.7. The predicted octanol–water partition coefficient (Wildman–Crippen LogP) is 4.83. The lowest BCUT2D eigenvalue weighted by molar-refractivity contribution is -0.138. The normalized spacial score (nSPS) is 18.8. The van der Waals surface area contributed by atoms with Crippen LogP contribution in [0.1, 0.15) is 77.3 Å². The Kier molecular flexibility index (Phi) is 8.52. The number of amides is 1. The zero-order valence-electron chi connectivity index (χ0n) is 22.5. The highest BCUT2D eigenvalue weighted by Crippen LogP contribution is 2.35. The maximum absolute atomic E-state index is 13.7. The minimum absolute atomic E-state index is 0.0815. The molecule has 2 aliphatic rings. The van der Waals surface area contributed by atoms with Gasteiger partial charge in [-0.15, -0.1) is 0 Å². The van der Waals surface area contributed by atoms with Crippen LogP contribution in [0.25, 0.3) is 0 Å². The standard InChI is InChI=1S/C28H37F3N4O3/c1-17-22(6-5-7-24(17)28(29,30)31)19(3)32-26(36)23-16-35(21-10-14-38-15-11-21)27(37)18(2)25(23)33-20-8-12-34(4)13-9-20/h5-7,16,19-21,33H,8-15H2,1-4H3,(H,32,36)/t19-/m1/s1. The van der Waals surface area contributed by atoms with Crippen LogP contribution in [0.3, 0.4) is 0 Å². The van der Waals surface area contributed by atoms with E-state index < -0.39 is 23.7 Å². The molecule has 0 radical (unpaired) electrons. The van der Waals surface area contributed by atoms with E-state index in [4.69, 9.17) is 4.74 Å². The number of nitrogens with one attached hydrogen (secondary N) is 2. The van der Waals surface area contributed by atoms with E-state index in [1.807, 2.05) is 0 Å². The van der Waals surface area contributed by atoms with Crippen LogP contribution in [0.5, 0.6) is 0 Å². The molecule has 0 spiro atoms. The molecule has 2 N–H and O–H groups in total. The molecule has 10 heteroatoms. The number of likely N-dealkylation sites (tertiary alicyclic amines) is 1. The molecule has 1 atom stereocenters. The highest BCUT2D eigenvalue weighted by atomic mass is 19.4. The van der Waals surface area contributed by atoms with Crippen molar-refractivity contribution in [1.29, 1.82) is 0 Å². The molecular weight excluding hydrogens is 497 g/mol. The van der Waals surface area contributed by atoms with Gasteiger partial charge in [0.15, 0.2) is 0 Å². The Bertz CT molecular complexity index is 1210. The summed E-state index contributed by atoms with van der Waals surface area (Å²) in [5, 5.41) is 6.37. The number of aromatic nitrogens is 1. The summed E-state index contributed by atoms with van der Waals surface area (Å²) in [5.74, 6) is -0.436. The average Bonchev–Trinajstić information content (AvgIpc) is 2.88. The van der Waals surface area contributed by atoms with Gasteiger partial charge in [-0.1, -0.05) is 12.1 Å². The molecule has 2 fully saturated rings. The topological polar surface area (TPSA) is 75.6 Å². The molecule has 1 aromatic heterocycles. The van der Waals surface area contributed by atoms with E-state index in [-0.39, 0.29) is 23.2 Å². The minimum atomic E-state index is -4.48. The van der Waals surface area contributed by atoms with Crippen molar-refractivity contribution in [1.82, 2.24) is 14.8 Å². The molecule has 0 saturated carbocycles. The fourth-order valence-corrected chi connectivity index (χ4v) is 5.50. The molecule has 3 heterocycles. The van der Waals surface area contributed by atoms with Gasteiger partial charge >= 0.3 is 6.18 Å². The number of hydrogen-bond acceptors (Lipinski definition) is 5. The highest BCUT2D eigenvalue weighted by Gasteiger charge is 2.34. The number of pyridine rings is 1. The number of hydrogen-bond donors (Lipinski definition) is 2. The Morgan fingerprint density at radius 3 is 2.37 bits per heavy atom. The Hall–Kier alpha value is -2.85. The lowest BCUT2D eigenvalue weighted by atomic mass is 9.96. The number of carbonyl (C=O) groups excluding carboxylic acids is 1. The predicted molar refractivity (Wildman–Crippen MR) is 141 cm³/mol. The van der Waals surface area contributed by atoms with Gasteiger partial charge < -0.3 is 24.8 Å². The largest absolute Gasteiger partial charge is 0.416 e. The maximum Gasteiger partial charge on any atom is 0.416 e. The SMILES string of the molecule is Cc1c([C@@H](C)NC(=O)c2cn(C3CCOCC3)c(=O)c(C)c2NC2CCN(C)CC2)cccc1C(F)(F)F. The molecular formula is C28H37F3N4O3. The number of nitrogens with zero attached hydrogens (tertiary/aromatic N) is 2. The molecule has 38 heavy (non-hydrogen) atoms. The summed E-state index contributed by atoms with van der Waals surface area (Å²) in [6.45, 7) is 7.71. The van der Waals surface area contributed by atoms with Gasteiger partial charge in [-0.3, -0.25) is 9.59 Å². The molecule has 1 aromatic carbocycles. The van der Waals surface area contributed by atoms with Crippen molar-refractivity contribution in [2.24, 2.45) is 0 Å². The van der Waals surface area contributed by atoms with Gasteiger partial charge in [0.25, 0.3) is 11.5 Å². The van der Waals surface area contributed by atoms with Crippen LogP contribution in [0.15, 0.2) is 29.2 Å². The van der Waals surface area contributed by atoms with E-state index in [9.17, 15) is 22.8 Å². The number of anilines is 1. The van der Waals surface area contributed by atoms with E-state index in [1.54, 1.807) is 30.7 Å². The number of halogens is 3. The quantitative estimate of drug-likeness (QED) is 0.555. The second-order valence-corrected chi connectivity index (χ2v) is 10.5. The third kappa shape index (κ3) is 6.07. The number of piperidine rings is 1. The van der Waals surface area contributed by atoms with Crippen LogP contribution in [0.2, 0.25) is 0 Å². The van der Waals surface area contributed by atoms with E-state index in [2.05, 4.69) is 22.6 Å². The first kappa shape index (κ1) is 28.2. The molecule has 0 bridgehead atoms. The number of rotatable bonds is 6. The van der Waals surface area contributed by atoms with Crippen molar-refractivity contribution in [3.8, 4) is 0 Å². The summed E-state index contributed by atoms with van der Waals surface area (Å²) < 4.78 is 47.5. The molecule has 4 rings (SSSR count). The molecule has 0 aliphatic carbocycles. The van der Waals surface area contributed by atoms with Crippen molar-refractivity contribution in [3.63, 3.8) is 0 Å². The van der Waals surface area contributed by atoms with Crippen molar-refractivity contribution in [2.45, 2.75) is 70.8 Å². The molecule has 1 amide bonds. The van der Waals surface area contributed by atoms with Crippen molar-refractivity contribution in [2.75, 3.05) is 38.7 Å². The van der Waals surface area contributed by atoms with Gasteiger partial charge in [-0.2, -0.15) is 13.2 Å². The molecule has 208 valence electrons. The Balaban J connectivity index is 1.69. The van der Waals surface area contributed by atoms with E-state index >= 15 is 0 Å². The fraction of sp³-hybridized carbons (Fsp3) is 0.571. The Labute approximate surface area is 221 Å². The van der Waals surface area contributed by atoms with Crippen LogP contribution in [0.4, 0.5) is 18.9 Å². The molecule has 2 aliphatic heterocycles. The van der Waals surface area contributed by atoms with Crippen LogP contribution in [0, 0.1) is 13.8 Å². The molecule has 7 nitrogen and oxygen atoms in total. The zero-order valence-corrected chi connectivity index (χ0v) is 22.5. The van der Waals surface area contributed by atoms with Crippen LogP contribution < -0.4 is 16.2 Å². The summed E-state index contributed by atoms with van der Waals surface area (Å²) in [6.07, 6.45) is 0.221. The van der Waals surface area contributed by atoms with Gasteiger partial charge in [0.05, 0.1) is 22.9 Å². The molecule has 2 aromatic rings. The lowest BCUT2D eigenvalue weighted by Crippen LogP contribution is -2.39. The Morgan fingerprint density at radius 1 is 1.08 bits per heavy atom. The van der Waals surface area contributed by atoms with Crippen LogP contribution >= 0.6 is 0 Å². The second-order valence-electron chi connectivity index (χ2n) is 10.5. The second kappa shape index (κ2) is 11.5. The minimum Gasteiger partial charge on any atom is -0.381 e. The summed E-state index contributed by atoms with van der Waals surface area (Å²) in [4.78, 5) is 29.4. The summed E-state index contributed by atoms with van der Waals surface area (Å²) in [5.41, 5.74) is 0.900. The monoisotopic (exact) mass is 534 g/mol. The smallest absolute Gasteiger partial charge is 0.381 e. The van der Waals surface area contributed by atoms with E-state index in [0.717, 1.165) is 32.0 Å². The fourth-order valence-electron chi connectivity index (χ4n) is 5.50. The number of benzene rings is 1. The van der Waals surface area contributed by atoms with E-state index in [0.29, 0.717) is 48.4 Å². The van der Waals surface area contributed by atoms with E-state index in [1.165, 1.54) is 13.0 Å². The van der Waals surface area contributed by atoms with Crippen molar-refractivity contribution >= 4 is 11.6 Å². The van der Waals surface area contributed by atoms with Crippen LogP contribution in [-0.4, -0.2) is 54.8 Å². The first-order valence-electron chi connectivity index (χ1n) is 13.2. The van der Waals surface area contributed by atoms with Gasteiger partial charge in [-0.05, 0) is 83.8 Å².